The fraction of sp³-hybridized carbons (Fsp3) is 0.278. The molecular formula is C18H15BrF3NO2S. The van der Waals surface area contributed by atoms with Gasteiger partial charge in [0.15, 0.2) is 0 Å². The predicted molar refractivity (Wildman–Crippen MR) is 97.8 cm³/mol. The first kappa shape index (κ1) is 19.1. The van der Waals surface area contributed by atoms with Crippen molar-refractivity contribution in [1.29, 1.82) is 0 Å². The maximum absolute atomic E-state index is 12.7. The van der Waals surface area contributed by atoms with Crippen LogP contribution in [0.3, 0.4) is 0 Å². The molecule has 2 aromatic carbocycles. The molecule has 0 aliphatic carbocycles. The average Bonchev–Trinajstić information content (AvgIpc) is 2.90. The third-order valence-electron chi connectivity index (χ3n) is 4.15. The fourth-order valence-corrected chi connectivity index (χ4v) is 4.61. The van der Waals surface area contributed by atoms with Crippen LogP contribution in [0.1, 0.15) is 28.4 Å². The molecule has 0 bridgehead atoms. The minimum absolute atomic E-state index is 0.0705. The lowest BCUT2D eigenvalue weighted by Crippen LogP contribution is -2.24. The lowest BCUT2D eigenvalue weighted by molar-refractivity contribution is -0.105. The number of carbonyl (C=O) groups is 1. The second-order valence-corrected chi connectivity index (χ2v) is 8.17. The van der Waals surface area contributed by atoms with Crippen LogP contribution in [0.5, 0.6) is 0 Å². The van der Waals surface area contributed by atoms with Crippen molar-refractivity contribution in [3.63, 3.8) is 0 Å². The summed E-state index contributed by atoms with van der Waals surface area (Å²) < 4.78 is 50.7. The zero-order valence-corrected chi connectivity index (χ0v) is 16.2. The van der Waals surface area contributed by atoms with Crippen molar-refractivity contribution >= 4 is 38.3 Å². The van der Waals surface area contributed by atoms with E-state index in [4.69, 9.17) is 0 Å². The molecule has 1 aliphatic rings. The lowest BCUT2D eigenvalue weighted by Gasteiger charge is -2.21. The van der Waals surface area contributed by atoms with E-state index in [-0.39, 0.29) is 10.8 Å². The van der Waals surface area contributed by atoms with Crippen molar-refractivity contribution in [2.75, 3.05) is 10.7 Å². The first-order valence-electron chi connectivity index (χ1n) is 7.88. The summed E-state index contributed by atoms with van der Waals surface area (Å²) in [5, 5.41) is 0. The van der Waals surface area contributed by atoms with Crippen molar-refractivity contribution in [3.8, 4) is 0 Å². The Bertz CT molecular complexity index is 898. The van der Waals surface area contributed by atoms with Gasteiger partial charge in [-0.1, -0.05) is 25.1 Å². The number of alkyl halides is 3. The second kappa shape index (κ2) is 7.15. The highest BCUT2D eigenvalue weighted by atomic mass is 79.9. The quantitative estimate of drug-likeness (QED) is 0.674. The third-order valence-corrected chi connectivity index (χ3v) is 6.42. The van der Waals surface area contributed by atoms with Crippen molar-refractivity contribution in [1.82, 2.24) is 0 Å². The number of halogens is 4. The molecule has 0 saturated heterocycles. The molecule has 26 heavy (non-hydrogen) atoms. The molecule has 3 nitrogen and oxygen atoms in total. The Morgan fingerprint density at radius 1 is 1.23 bits per heavy atom. The van der Waals surface area contributed by atoms with Gasteiger partial charge < -0.3 is 4.90 Å². The zero-order valence-electron chi connectivity index (χ0n) is 13.8. The van der Waals surface area contributed by atoms with E-state index < -0.39 is 22.7 Å². The number of nitrogens with zero attached hydrogens (tertiary/aromatic N) is 1. The maximum Gasteiger partial charge on any atom is 0.400 e. The summed E-state index contributed by atoms with van der Waals surface area (Å²) >= 11 is 3.45. The van der Waals surface area contributed by atoms with E-state index in [0.29, 0.717) is 34.3 Å². The number of benzene rings is 2. The first-order chi connectivity index (χ1) is 12.2. The largest absolute Gasteiger partial charge is 0.400 e. The van der Waals surface area contributed by atoms with E-state index >= 15 is 0 Å². The number of amides is 1. The molecule has 3 rings (SSSR count). The van der Waals surface area contributed by atoms with Gasteiger partial charge in [-0.25, -0.2) is 0 Å². The van der Waals surface area contributed by atoms with Gasteiger partial charge in [0.2, 0.25) is 0 Å². The van der Waals surface area contributed by atoms with Crippen molar-refractivity contribution < 1.29 is 22.2 Å². The van der Waals surface area contributed by atoms with Crippen molar-refractivity contribution in [3.05, 3.63) is 57.6 Å². The van der Waals surface area contributed by atoms with Gasteiger partial charge >= 0.3 is 6.18 Å². The summed E-state index contributed by atoms with van der Waals surface area (Å²) in [5.41, 5.74) is 2.57. The molecule has 1 aliphatic heterocycles. The average molecular weight is 446 g/mol. The zero-order chi connectivity index (χ0) is 19.1. The van der Waals surface area contributed by atoms with Gasteiger partial charge in [-0.3, -0.25) is 9.00 Å². The van der Waals surface area contributed by atoms with Crippen LogP contribution < -0.4 is 4.90 Å². The van der Waals surface area contributed by atoms with Gasteiger partial charge in [0.1, 0.15) is 5.75 Å². The van der Waals surface area contributed by atoms with Crippen molar-refractivity contribution in [2.45, 2.75) is 31.0 Å². The van der Waals surface area contributed by atoms with Gasteiger partial charge in [-0.05, 0) is 51.7 Å². The van der Waals surface area contributed by atoms with E-state index in [1.807, 2.05) is 19.1 Å². The number of anilines is 1. The van der Waals surface area contributed by atoms with Gasteiger partial charge in [0.25, 0.3) is 5.91 Å². The highest BCUT2D eigenvalue weighted by Crippen LogP contribution is 2.37. The molecule has 2 aromatic rings. The lowest BCUT2D eigenvalue weighted by atomic mass is 10.1. The van der Waals surface area contributed by atoms with E-state index in [9.17, 15) is 22.2 Å². The van der Waals surface area contributed by atoms with Crippen LogP contribution in [0.25, 0.3) is 0 Å². The summed E-state index contributed by atoms with van der Waals surface area (Å²) in [6.07, 6.45) is -4.00. The smallest absolute Gasteiger partial charge is 0.303 e. The number of fused-ring (bicyclic) bond motifs is 1. The van der Waals surface area contributed by atoms with Gasteiger partial charge in [-0.2, -0.15) is 13.2 Å². The molecule has 1 unspecified atom stereocenters. The normalized spacial score (nSPS) is 15.3. The van der Waals surface area contributed by atoms with Crippen LogP contribution >= 0.6 is 15.9 Å². The second-order valence-electron chi connectivity index (χ2n) is 5.92. The number of hydrogen-bond acceptors (Lipinski definition) is 2. The molecule has 1 heterocycles. The summed E-state index contributed by atoms with van der Waals surface area (Å²) in [6.45, 7) is 2.17. The van der Waals surface area contributed by atoms with E-state index in [1.165, 1.54) is 17.0 Å². The molecule has 0 N–H and O–H groups in total. The molecule has 8 heteroatoms. The van der Waals surface area contributed by atoms with E-state index in [2.05, 4.69) is 15.9 Å². The summed E-state index contributed by atoms with van der Waals surface area (Å²) in [4.78, 5) is 14.3. The van der Waals surface area contributed by atoms with E-state index in [1.54, 1.807) is 12.1 Å². The Hall–Kier alpha value is -1.67. The Labute approximate surface area is 159 Å². The van der Waals surface area contributed by atoms with E-state index in [0.717, 1.165) is 5.56 Å². The number of hydrogen-bond donors (Lipinski definition) is 0. The molecule has 1 atom stereocenters. The maximum atomic E-state index is 12.7. The fourth-order valence-electron chi connectivity index (χ4n) is 2.91. The predicted octanol–water partition coefficient (Wildman–Crippen LogP) is 4.84. The van der Waals surface area contributed by atoms with Crippen molar-refractivity contribution in [2.24, 2.45) is 0 Å². The van der Waals surface area contributed by atoms with Crippen LogP contribution in [0.15, 0.2) is 45.8 Å². The number of carbonyl (C=O) groups excluding carboxylic acids is 1. The third kappa shape index (κ3) is 3.71. The molecule has 1 amide bonds. The summed E-state index contributed by atoms with van der Waals surface area (Å²) in [7, 11) is -2.23. The molecule has 0 radical (unpaired) electrons. The van der Waals surface area contributed by atoms with Crippen LogP contribution in [0, 0.1) is 0 Å². The summed E-state index contributed by atoms with van der Waals surface area (Å²) in [6, 6.07) is 10.1. The topological polar surface area (TPSA) is 37.4 Å². The van der Waals surface area contributed by atoms with Gasteiger partial charge in [-0.15, -0.1) is 0 Å². The highest BCUT2D eigenvalue weighted by molar-refractivity contribution is 9.10. The molecular weight excluding hydrogens is 431 g/mol. The van der Waals surface area contributed by atoms with Crippen LogP contribution in [-0.4, -0.2) is 22.0 Å². The molecule has 0 fully saturated rings. The molecule has 138 valence electrons. The minimum atomic E-state index is -4.52. The first-order valence-corrected chi connectivity index (χ1v) is 9.99. The molecule has 0 spiro atoms. The van der Waals surface area contributed by atoms with Crippen LogP contribution in [-0.2, 0) is 23.8 Å². The minimum Gasteiger partial charge on any atom is -0.303 e. The Balaban J connectivity index is 2.04. The van der Waals surface area contributed by atoms with Crippen LogP contribution in [0.2, 0.25) is 0 Å². The summed E-state index contributed by atoms with van der Waals surface area (Å²) in [5.74, 6) is -1.63. The van der Waals surface area contributed by atoms with Gasteiger partial charge in [0, 0.05) is 14.9 Å². The van der Waals surface area contributed by atoms with Gasteiger partial charge in [0.05, 0.1) is 23.0 Å². The Morgan fingerprint density at radius 3 is 2.54 bits per heavy atom. The molecule has 0 aromatic heterocycles. The van der Waals surface area contributed by atoms with Crippen LogP contribution in [0.4, 0.5) is 18.9 Å². The number of rotatable bonds is 4. The number of aryl methyl sites for hydroxylation is 1. The standard InChI is InChI=1S/C18H15BrF3NO2S/c1-2-11-7-13(26(25)10-18(20,21)22)8-15(16(11)19)23-9-12-5-3-4-6-14(12)17(23)24/h3-8H,2,9-10H2,1H3. The monoisotopic (exact) mass is 445 g/mol. The Kier molecular flexibility index (Phi) is 5.25. The SMILES string of the molecule is CCc1cc(S(=O)CC(F)(F)F)cc(N2Cc3ccccc3C2=O)c1Br. The molecule has 0 saturated carbocycles. The highest BCUT2D eigenvalue weighted by Gasteiger charge is 2.33. The Morgan fingerprint density at radius 2 is 1.92 bits per heavy atom.